The summed E-state index contributed by atoms with van der Waals surface area (Å²) >= 11 is 5.97. The van der Waals surface area contributed by atoms with Crippen LogP contribution < -0.4 is 11.1 Å². The quantitative estimate of drug-likeness (QED) is 0.914. The number of hydrogen-bond acceptors (Lipinski definition) is 3. The summed E-state index contributed by atoms with van der Waals surface area (Å²) in [5.41, 5.74) is 8.86. The Balaban J connectivity index is 1.88. The third kappa shape index (κ3) is 2.85. The number of hydrogen-bond donors (Lipinski definition) is 2. The molecule has 1 aliphatic rings. The largest absolute Gasteiger partial charge is 0.377 e. The number of nitrogens with two attached hydrogens (primary N) is 1. The van der Waals surface area contributed by atoms with Crippen molar-refractivity contribution in [1.29, 1.82) is 0 Å². The van der Waals surface area contributed by atoms with Crippen molar-refractivity contribution in [2.75, 3.05) is 5.32 Å². The Labute approximate surface area is 128 Å². The summed E-state index contributed by atoms with van der Waals surface area (Å²) < 4.78 is 0. The number of carbonyl (C=O) groups is 1. The van der Waals surface area contributed by atoms with Crippen LogP contribution in [0.2, 0.25) is 5.02 Å². The monoisotopic (exact) mass is 301 g/mol. The van der Waals surface area contributed by atoms with E-state index in [-0.39, 0.29) is 6.04 Å². The van der Waals surface area contributed by atoms with E-state index in [1.807, 2.05) is 18.3 Å². The maximum absolute atomic E-state index is 11.4. The molecule has 1 aliphatic carbocycles. The Morgan fingerprint density at radius 2 is 2.24 bits per heavy atom. The molecule has 0 saturated carbocycles. The molecule has 1 unspecified atom stereocenters. The van der Waals surface area contributed by atoms with Crippen LogP contribution in [-0.4, -0.2) is 10.9 Å². The number of aromatic nitrogens is 1. The number of rotatable bonds is 3. The lowest BCUT2D eigenvalue weighted by atomic mass is 9.91. The van der Waals surface area contributed by atoms with Gasteiger partial charge >= 0.3 is 0 Å². The molecule has 0 fully saturated rings. The number of pyridine rings is 1. The van der Waals surface area contributed by atoms with E-state index in [0.717, 1.165) is 30.6 Å². The van der Waals surface area contributed by atoms with Crippen molar-refractivity contribution in [3.63, 3.8) is 0 Å². The molecule has 1 aromatic heterocycles. The topological polar surface area (TPSA) is 68.0 Å². The van der Waals surface area contributed by atoms with E-state index in [9.17, 15) is 4.79 Å². The standard InChI is InChI=1S/C16H16ClN3O/c17-13-7-6-11(9-12(13)16(18)21)20-14-5-1-3-10-4-2-8-19-15(10)14/h2,4,6-9,14,20H,1,3,5H2,(H2,18,21). The van der Waals surface area contributed by atoms with E-state index in [0.29, 0.717) is 10.6 Å². The summed E-state index contributed by atoms with van der Waals surface area (Å²) in [6, 6.07) is 9.47. The predicted molar refractivity (Wildman–Crippen MR) is 83.5 cm³/mol. The summed E-state index contributed by atoms with van der Waals surface area (Å²) in [6.45, 7) is 0. The summed E-state index contributed by atoms with van der Waals surface area (Å²) in [5, 5.41) is 3.80. The molecule has 2 aromatic rings. The van der Waals surface area contributed by atoms with Gasteiger partial charge in [-0.05, 0) is 49.1 Å². The number of primary amides is 1. The fraction of sp³-hybridized carbons (Fsp3) is 0.250. The highest BCUT2D eigenvalue weighted by molar-refractivity contribution is 6.33. The van der Waals surface area contributed by atoms with Crippen LogP contribution in [0.3, 0.4) is 0 Å². The van der Waals surface area contributed by atoms with Crippen LogP contribution in [-0.2, 0) is 6.42 Å². The number of nitrogens with one attached hydrogen (secondary N) is 1. The van der Waals surface area contributed by atoms with Crippen LogP contribution in [0, 0.1) is 0 Å². The maximum atomic E-state index is 11.4. The Bertz CT molecular complexity index is 687. The molecule has 3 N–H and O–H groups in total. The average Bonchev–Trinajstić information content (AvgIpc) is 2.49. The van der Waals surface area contributed by atoms with Gasteiger partial charge in [0.25, 0.3) is 0 Å². The molecule has 0 bridgehead atoms. The van der Waals surface area contributed by atoms with E-state index >= 15 is 0 Å². The van der Waals surface area contributed by atoms with Crippen LogP contribution in [0.1, 0.15) is 40.5 Å². The zero-order chi connectivity index (χ0) is 14.8. The van der Waals surface area contributed by atoms with E-state index in [2.05, 4.69) is 16.4 Å². The van der Waals surface area contributed by atoms with Gasteiger partial charge in [-0.25, -0.2) is 0 Å². The summed E-state index contributed by atoms with van der Waals surface area (Å²) in [5.74, 6) is -0.522. The minimum atomic E-state index is -0.522. The molecular formula is C16H16ClN3O. The fourth-order valence-corrected chi connectivity index (χ4v) is 2.97. The first-order valence-corrected chi connectivity index (χ1v) is 7.32. The van der Waals surface area contributed by atoms with Crippen LogP contribution in [0.25, 0.3) is 0 Å². The SMILES string of the molecule is NC(=O)c1cc(NC2CCCc3cccnc32)ccc1Cl. The van der Waals surface area contributed by atoms with Gasteiger partial charge in [0.15, 0.2) is 0 Å². The van der Waals surface area contributed by atoms with Crippen LogP contribution >= 0.6 is 11.6 Å². The van der Waals surface area contributed by atoms with Crippen molar-refractivity contribution in [3.8, 4) is 0 Å². The summed E-state index contributed by atoms with van der Waals surface area (Å²) in [7, 11) is 0. The average molecular weight is 302 g/mol. The van der Waals surface area contributed by atoms with E-state index in [1.165, 1.54) is 5.56 Å². The number of amides is 1. The van der Waals surface area contributed by atoms with Crippen molar-refractivity contribution in [2.45, 2.75) is 25.3 Å². The Kier molecular flexibility index (Phi) is 3.80. The Hall–Kier alpha value is -2.07. The van der Waals surface area contributed by atoms with Crippen LogP contribution in [0.4, 0.5) is 5.69 Å². The van der Waals surface area contributed by atoms with Gasteiger partial charge in [0.1, 0.15) is 0 Å². The highest BCUT2D eigenvalue weighted by Gasteiger charge is 2.21. The van der Waals surface area contributed by atoms with Gasteiger partial charge in [-0.2, -0.15) is 0 Å². The number of anilines is 1. The molecule has 3 rings (SSSR count). The number of fused-ring (bicyclic) bond motifs is 1. The second kappa shape index (κ2) is 5.74. The first kappa shape index (κ1) is 13.9. The molecule has 0 aliphatic heterocycles. The number of halogens is 1. The minimum Gasteiger partial charge on any atom is -0.377 e. The van der Waals surface area contributed by atoms with Crippen LogP contribution in [0.5, 0.6) is 0 Å². The van der Waals surface area contributed by atoms with Gasteiger partial charge in [-0.15, -0.1) is 0 Å². The minimum absolute atomic E-state index is 0.150. The summed E-state index contributed by atoms with van der Waals surface area (Å²) in [4.78, 5) is 15.9. The highest BCUT2D eigenvalue weighted by atomic mass is 35.5. The second-order valence-electron chi connectivity index (χ2n) is 5.20. The smallest absolute Gasteiger partial charge is 0.250 e. The number of carbonyl (C=O) groups excluding carboxylic acids is 1. The number of aryl methyl sites for hydroxylation is 1. The number of benzene rings is 1. The molecule has 1 aromatic carbocycles. The number of nitrogens with zero attached hydrogens (tertiary/aromatic N) is 1. The van der Waals surface area contributed by atoms with Gasteiger partial charge < -0.3 is 11.1 Å². The van der Waals surface area contributed by atoms with Crippen LogP contribution in [0.15, 0.2) is 36.5 Å². The lowest BCUT2D eigenvalue weighted by molar-refractivity contribution is 0.100. The molecule has 0 radical (unpaired) electrons. The molecular weight excluding hydrogens is 286 g/mol. The molecule has 0 spiro atoms. The van der Waals surface area contributed by atoms with Crippen molar-refractivity contribution in [2.24, 2.45) is 5.73 Å². The molecule has 1 atom stereocenters. The van der Waals surface area contributed by atoms with Crippen molar-refractivity contribution in [3.05, 3.63) is 58.4 Å². The lowest BCUT2D eigenvalue weighted by Crippen LogP contribution is -2.19. The second-order valence-corrected chi connectivity index (χ2v) is 5.60. The molecule has 5 heteroatoms. The van der Waals surface area contributed by atoms with Gasteiger partial charge in [0.2, 0.25) is 5.91 Å². The molecule has 1 amide bonds. The normalized spacial score (nSPS) is 17.1. The van der Waals surface area contributed by atoms with Gasteiger partial charge in [-0.3, -0.25) is 9.78 Å². The molecule has 4 nitrogen and oxygen atoms in total. The maximum Gasteiger partial charge on any atom is 0.250 e. The Morgan fingerprint density at radius 3 is 3.05 bits per heavy atom. The molecule has 1 heterocycles. The summed E-state index contributed by atoms with van der Waals surface area (Å²) in [6.07, 6.45) is 5.01. The first-order valence-electron chi connectivity index (χ1n) is 6.95. The van der Waals surface area contributed by atoms with Gasteiger partial charge in [-0.1, -0.05) is 17.7 Å². The van der Waals surface area contributed by atoms with Crippen molar-refractivity contribution in [1.82, 2.24) is 4.98 Å². The zero-order valence-corrected chi connectivity index (χ0v) is 12.2. The van der Waals surface area contributed by atoms with E-state index in [1.54, 1.807) is 12.1 Å². The molecule has 0 saturated heterocycles. The third-order valence-corrected chi connectivity index (χ3v) is 4.10. The highest BCUT2D eigenvalue weighted by Crippen LogP contribution is 2.31. The predicted octanol–water partition coefficient (Wildman–Crippen LogP) is 3.32. The van der Waals surface area contributed by atoms with E-state index < -0.39 is 5.91 Å². The molecule has 108 valence electrons. The first-order chi connectivity index (χ1) is 10.1. The third-order valence-electron chi connectivity index (χ3n) is 3.77. The lowest BCUT2D eigenvalue weighted by Gasteiger charge is -2.26. The van der Waals surface area contributed by atoms with Gasteiger partial charge in [0, 0.05) is 11.9 Å². The molecule has 21 heavy (non-hydrogen) atoms. The fourth-order valence-electron chi connectivity index (χ4n) is 2.75. The van der Waals surface area contributed by atoms with Crippen molar-refractivity contribution < 1.29 is 4.79 Å². The van der Waals surface area contributed by atoms with Crippen molar-refractivity contribution >= 4 is 23.2 Å². The zero-order valence-electron chi connectivity index (χ0n) is 11.5. The van der Waals surface area contributed by atoms with Gasteiger partial charge in [0.05, 0.1) is 22.3 Å². The van der Waals surface area contributed by atoms with E-state index in [4.69, 9.17) is 17.3 Å². The Morgan fingerprint density at radius 1 is 1.38 bits per heavy atom.